The molecule has 0 aliphatic rings. The lowest BCUT2D eigenvalue weighted by Crippen LogP contribution is -2.37. The Morgan fingerprint density at radius 1 is 1.11 bits per heavy atom. The summed E-state index contributed by atoms with van der Waals surface area (Å²) in [4.78, 5) is 26.7. The number of fused-ring (bicyclic) bond motifs is 1. The number of benzene rings is 2. The molecule has 1 amide bonds. The predicted octanol–water partition coefficient (Wildman–Crippen LogP) is 5.42. The molecule has 1 heterocycles. The van der Waals surface area contributed by atoms with Crippen LogP contribution in [-0.2, 0) is 24.3 Å². The van der Waals surface area contributed by atoms with Crippen LogP contribution in [0.1, 0.15) is 44.4 Å². The lowest BCUT2D eigenvalue weighted by molar-refractivity contribution is -0.141. The molecule has 0 bridgehead atoms. The Bertz CT molecular complexity index is 1360. The fraction of sp³-hybridized carbons (Fsp3) is 0.360. The van der Waals surface area contributed by atoms with Crippen LogP contribution in [0.4, 0.5) is 4.79 Å². The average molecular weight is 565 g/mol. The number of carbonyl (C=O) groups excluding carboxylic acids is 2. The van der Waals surface area contributed by atoms with E-state index >= 15 is 0 Å². The number of hydrogen-bond donors (Lipinski definition) is 0. The second kappa shape index (κ2) is 10.0. The highest BCUT2D eigenvalue weighted by Crippen LogP contribution is 2.38. The second-order valence-corrected chi connectivity index (χ2v) is 11.9. The van der Waals surface area contributed by atoms with Crippen molar-refractivity contribution in [2.24, 2.45) is 0 Å². The zero-order chi connectivity index (χ0) is 26.1. The molecule has 8 nitrogen and oxygen atoms in total. The smallest absolute Gasteiger partial charge is 0.410 e. The molecule has 0 saturated heterocycles. The van der Waals surface area contributed by atoms with Crippen molar-refractivity contribution in [2.75, 3.05) is 14.2 Å². The van der Waals surface area contributed by atoms with Crippen LogP contribution in [0.5, 0.6) is 0 Å². The van der Waals surface area contributed by atoms with Crippen molar-refractivity contribution in [2.45, 2.75) is 50.7 Å². The minimum absolute atomic E-state index is 0.122. The molecule has 1 unspecified atom stereocenters. The maximum absolute atomic E-state index is 13.6. The van der Waals surface area contributed by atoms with Gasteiger partial charge in [-0.2, -0.15) is 0 Å². The van der Waals surface area contributed by atoms with Gasteiger partial charge in [0.1, 0.15) is 5.60 Å². The lowest BCUT2D eigenvalue weighted by atomic mass is 10.0. The standard InChI is InChI=1S/C25H29BrN2O6S/c1-16-10-12-17(13-11-16)35(31,32)28-15-18(23-19(26)8-7-9-20(23)28)21(14-22(29)33-6)27(5)24(30)34-25(2,3)4/h7-13,15,21H,14H2,1-6H3. The van der Waals surface area contributed by atoms with Crippen LogP contribution in [0.3, 0.4) is 0 Å². The Morgan fingerprint density at radius 3 is 2.31 bits per heavy atom. The first-order chi connectivity index (χ1) is 16.3. The van der Waals surface area contributed by atoms with Crippen LogP contribution in [0.15, 0.2) is 58.0 Å². The Balaban J connectivity index is 2.24. The molecular weight excluding hydrogens is 536 g/mol. The van der Waals surface area contributed by atoms with Gasteiger partial charge in [-0.25, -0.2) is 17.2 Å². The Hall–Kier alpha value is -2.85. The number of ether oxygens (including phenoxy) is 2. The van der Waals surface area contributed by atoms with E-state index in [9.17, 15) is 18.0 Å². The summed E-state index contributed by atoms with van der Waals surface area (Å²) in [7, 11) is -1.21. The van der Waals surface area contributed by atoms with Crippen molar-refractivity contribution in [3.8, 4) is 0 Å². The van der Waals surface area contributed by atoms with Crippen molar-refractivity contribution in [1.82, 2.24) is 8.87 Å². The topological polar surface area (TPSA) is 94.9 Å². The van der Waals surface area contributed by atoms with E-state index in [1.807, 2.05) is 6.92 Å². The molecule has 0 aliphatic heterocycles. The first kappa shape index (κ1) is 26.7. The van der Waals surface area contributed by atoms with E-state index in [2.05, 4.69) is 15.9 Å². The Morgan fingerprint density at radius 2 is 1.74 bits per heavy atom. The second-order valence-electron chi connectivity index (χ2n) is 9.22. The van der Waals surface area contributed by atoms with Gasteiger partial charge >= 0.3 is 12.1 Å². The number of rotatable bonds is 6. The molecule has 10 heteroatoms. The first-order valence-corrected chi connectivity index (χ1v) is 13.1. The fourth-order valence-electron chi connectivity index (χ4n) is 3.68. The molecule has 35 heavy (non-hydrogen) atoms. The number of hydrogen-bond acceptors (Lipinski definition) is 6. The van der Waals surface area contributed by atoms with Crippen molar-refractivity contribution < 1.29 is 27.5 Å². The van der Waals surface area contributed by atoms with E-state index in [4.69, 9.17) is 9.47 Å². The summed E-state index contributed by atoms with van der Waals surface area (Å²) >= 11 is 3.52. The van der Waals surface area contributed by atoms with Gasteiger partial charge in [0.15, 0.2) is 0 Å². The normalized spacial score (nSPS) is 12.9. The van der Waals surface area contributed by atoms with Gasteiger partial charge < -0.3 is 14.4 Å². The Kier molecular flexibility index (Phi) is 7.66. The monoisotopic (exact) mass is 564 g/mol. The summed E-state index contributed by atoms with van der Waals surface area (Å²) in [6, 6.07) is 10.9. The van der Waals surface area contributed by atoms with Gasteiger partial charge in [-0.3, -0.25) is 4.79 Å². The van der Waals surface area contributed by atoms with Gasteiger partial charge in [-0.1, -0.05) is 39.7 Å². The van der Waals surface area contributed by atoms with Crippen molar-refractivity contribution in [3.63, 3.8) is 0 Å². The summed E-state index contributed by atoms with van der Waals surface area (Å²) in [5.74, 6) is -0.556. The van der Waals surface area contributed by atoms with Gasteiger partial charge in [0, 0.05) is 28.7 Å². The molecule has 0 radical (unpaired) electrons. The third-order valence-electron chi connectivity index (χ3n) is 5.45. The Labute approximate surface area is 214 Å². The molecule has 0 N–H and O–H groups in total. The number of nitrogens with zero attached hydrogens (tertiary/aromatic N) is 2. The van der Waals surface area contributed by atoms with Crippen LogP contribution in [0.2, 0.25) is 0 Å². The summed E-state index contributed by atoms with van der Waals surface area (Å²) in [6.07, 6.45) is 0.608. The summed E-state index contributed by atoms with van der Waals surface area (Å²) in [5, 5.41) is 0.562. The van der Waals surface area contributed by atoms with E-state index in [-0.39, 0.29) is 11.3 Å². The quantitative estimate of drug-likeness (QED) is 0.371. The number of aromatic nitrogens is 1. The fourth-order valence-corrected chi connectivity index (χ4v) is 5.63. The maximum Gasteiger partial charge on any atom is 0.410 e. The molecule has 1 aromatic heterocycles. The third-order valence-corrected chi connectivity index (χ3v) is 7.80. The molecule has 1 atom stereocenters. The summed E-state index contributed by atoms with van der Waals surface area (Å²) < 4.78 is 39.4. The van der Waals surface area contributed by atoms with Gasteiger partial charge in [0.25, 0.3) is 10.0 Å². The molecule has 0 saturated carbocycles. The minimum Gasteiger partial charge on any atom is -0.469 e. The van der Waals surface area contributed by atoms with Gasteiger partial charge in [0.2, 0.25) is 0 Å². The highest BCUT2D eigenvalue weighted by atomic mass is 79.9. The van der Waals surface area contributed by atoms with Gasteiger partial charge in [-0.15, -0.1) is 0 Å². The highest BCUT2D eigenvalue weighted by molar-refractivity contribution is 9.10. The van der Waals surface area contributed by atoms with Crippen LogP contribution >= 0.6 is 15.9 Å². The third kappa shape index (κ3) is 5.70. The van der Waals surface area contributed by atoms with E-state index in [0.29, 0.717) is 20.9 Å². The lowest BCUT2D eigenvalue weighted by Gasteiger charge is -2.30. The predicted molar refractivity (Wildman–Crippen MR) is 137 cm³/mol. The van der Waals surface area contributed by atoms with Crippen LogP contribution in [-0.4, -0.2) is 49.1 Å². The minimum atomic E-state index is -3.98. The van der Waals surface area contributed by atoms with E-state index in [0.717, 1.165) is 5.56 Å². The van der Waals surface area contributed by atoms with Crippen molar-refractivity contribution in [3.05, 3.63) is 64.3 Å². The molecule has 3 aromatic rings. The largest absolute Gasteiger partial charge is 0.469 e. The number of methoxy groups -OCH3 is 1. The van der Waals surface area contributed by atoms with E-state index in [1.54, 1.807) is 63.2 Å². The average Bonchev–Trinajstić information content (AvgIpc) is 3.17. The van der Waals surface area contributed by atoms with Crippen LogP contribution in [0, 0.1) is 6.92 Å². The molecule has 0 spiro atoms. The summed E-state index contributed by atoms with van der Waals surface area (Å²) in [6.45, 7) is 7.10. The number of halogens is 1. The van der Waals surface area contributed by atoms with Gasteiger partial charge in [-0.05, 0) is 52.0 Å². The molecule has 0 fully saturated rings. The summed E-state index contributed by atoms with van der Waals surface area (Å²) in [5.41, 5.74) is 1.04. The van der Waals surface area contributed by atoms with E-state index in [1.165, 1.54) is 29.2 Å². The number of aryl methyl sites for hydroxylation is 1. The number of amides is 1. The zero-order valence-electron chi connectivity index (χ0n) is 20.5. The van der Waals surface area contributed by atoms with Crippen LogP contribution < -0.4 is 0 Å². The number of esters is 1. The van der Waals surface area contributed by atoms with Crippen molar-refractivity contribution in [1.29, 1.82) is 0 Å². The first-order valence-electron chi connectivity index (χ1n) is 10.9. The van der Waals surface area contributed by atoms with E-state index < -0.39 is 33.7 Å². The SMILES string of the molecule is COC(=O)CC(c1cn(S(=O)(=O)c2ccc(C)cc2)c2cccc(Br)c12)N(C)C(=O)OC(C)(C)C. The zero-order valence-corrected chi connectivity index (χ0v) is 22.9. The van der Waals surface area contributed by atoms with Crippen molar-refractivity contribution >= 4 is 48.9 Å². The molecule has 188 valence electrons. The molecule has 3 rings (SSSR count). The highest BCUT2D eigenvalue weighted by Gasteiger charge is 2.33. The van der Waals surface area contributed by atoms with Crippen LogP contribution in [0.25, 0.3) is 10.9 Å². The maximum atomic E-state index is 13.6. The molecule has 2 aromatic carbocycles. The number of carbonyl (C=O) groups is 2. The molecular formula is C25H29BrN2O6S. The molecule has 0 aliphatic carbocycles. The van der Waals surface area contributed by atoms with Gasteiger partial charge in [0.05, 0.1) is 30.0 Å².